The number of morpholine rings is 2. The Labute approximate surface area is 235 Å². The van der Waals surface area contributed by atoms with Crippen LogP contribution in [0.2, 0.25) is 0 Å². The van der Waals surface area contributed by atoms with E-state index in [9.17, 15) is 4.79 Å². The Balaban J connectivity index is 1.36. The van der Waals surface area contributed by atoms with Gasteiger partial charge in [-0.05, 0) is 31.0 Å². The van der Waals surface area contributed by atoms with Crippen molar-refractivity contribution in [1.29, 1.82) is 0 Å². The van der Waals surface area contributed by atoms with Gasteiger partial charge in [0.1, 0.15) is 16.9 Å². The zero-order valence-corrected chi connectivity index (χ0v) is 23.6. The fraction of sp³-hybridized carbons (Fsp3) is 0.533. The molecule has 3 aliphatic heterocycles. The summed E-state index contributed by atoms with van der Waals surface area (Å²) in [5.74, 6) is 0.756. The highest BCUT2D eigenvalue weighted by Crippen LogP contribution is 2.31. The lowest BCUT2D eigenvalue weighted by Crippen LogP contribution is -2.58. The van der Waals surface area contributed by atoms with Crippen molar-refractivity contribution < 1.29 is 14.3 Å². The Morgan fingerprint density at radius 3 is 2.35 bits per heavy atom. The molecule has 3 aliphatic rings. The molecule has 1 amide bonds. The normalized spacial score (nSPS) is 23.7. The van der Waals surface area contributed by atoms with E-state index in [1.54, 1.807) is 6.07 Å². The number of rotatable bonds is 6. The Hall–Kier alpha value is -3.18. The highest BCUT2D eigenvalue weighted by molar-refractivity contribution is 6.07. The molecule has 10 nitrogen and oxygen atoms in total. The van der Waals surface area contributed by atoms with Gasteiger partial charge in [0.15, 0.2) is 5.82 Å². The van der Waals surface area contributed by atoms with E-state index in [0.717, 1.165) is 38.0 Å². The fourth-order valence-corrected chi connectivity index (χ4v) is 5.75. The maximum absolute atomic E-state index is 12.7. The lowest BCUT2D eigenvalue weighted by molar-refractivity contribution is -0.140. The molecule has 1 aromatic carbocycles. The number of nitrogens with zero attached hydrogens (tertiary/aromatic N) is 4. The molecule has 1 atom stereocenters. The van der Waals surface area contributed by atoms with Gasteiger partial charge in [-0.2, -0.15) is 0 Å². The minimum atomic E-state index is -0.532. The Kier molecular flexibility index (Phi) is 7.43. The smallest absolute Gasteiger partial charge is 0.251 e. The molecule has 4 N–H and O–H groups in total. The third kappa shape index (κ3) is 5.54. The number of pyridine rings is 1. The van der Waals surface area contributed by atoms with Crippen molar-refractivity contribution in [2.75, 3.05) is 44.8 Å². The number of carbonyl (C=O) groups excluding carboxylic acids is 1. The molecule has 0 radical (unpaired) electrons. The highest BCUT2D eigenvalue weighted by atomic mass is 16.5. The largest absolute Gasteiger partial charge is 0.378 e. The van der Waals surface area contributed by atoms with E-state index in [-0.39, 0.29) is 23.5 Å². The summed E-state index contributed by atoms with van der Waals surface area (Å²) in [6, 6.07) is 10.9. The number of ether oxygens (including phenoxy) is 2. The van der Waals surface area contributed by atoms with Crippen LogP contribution in [-0.4, -0.2) is 83.4 Å². The quantitative estimate of drug-likeness (QED) is 0.428. The van der Waals surface area contributed by atoms with Gasteiger partial charge in [-0.25, -0.2) is 15.0 Å². The van der Waals surface area contributed by atoms with Crippen LogP contribution in [0.5, 0.6) is 0 Å². The SMILES string of the molecule is CC(C)(C)c1nc(N[C@H]2CCCNC2)c2nc(-c3ccc(CN4C5COCC4COC5)cc3)cc(C(N)=O)c2n1. The molecule has 212 valence electrons. The number of amides is 1. The third-order valence-electron chi connectivity index (χ3n) is 8.02. The van der Waals surface area contributed by atoms with Crippen LogP contribution < -0.4 is 16.4 Å². The number of benzene rings is 1. The van der Waals surface area contributed by atoms with Crippen molar-refractivity contribution in [3.8, 4) is 11.3 Å². The van der Waals surface area contributed by atoms with Gasteiger partial charge in [0, 0.05) is 30.1 Å². The molecule has 5 heterocycles. The molecular weight excluding hydrogens is 506 g/mol. The van der Waals surface area contributed by atoms with Crippen LogP contribution in [-0.2, 0) is 21.4 Å². The second kappa shape index (κ2) is 11.0. The van der Waals surface area contributed by atoms with Crippen LogP contribution >= 0.6 is 0 Å². The molecule has 2 aromatic heterocycles. The maximum Gasteiger partial charge on any atom is 0.251 e. The topological polar surface area (TPSA) is 128 Å². The predicted octanol–water partition coefficient (Wildman–Crippen LogP) is 2.85. The zero-order valence-electron chi connectivity index (χ0n) is 23.6. The molecule has 10 heteroatoms. The van der Waals surface area contributed by atoms with Gasteiger partial charge < -0.3 is 25.8 Å². The van der Waals surface area contributed by atoms with Crippen molar-refractivity contribution in [2.45, 2.75) is 63.7 Å². The monoisotopic (exact) mass is 545 g/mol. The van der Waals surface area contributed by atoms with E-state index in [4.69, 9.17) is 30.2 Å². The average molecular weight is 546 g/mol. The molecule has 6 rings (SSSR count). The minimum Gasteiger partial charge on any atom is -0.378 e. The van der Waals surface area contributed by atoms with Crippen LogP contribution in [0.15, 0.2) is 30.3 Å². The summed E-state index contributed by atoms with van der Waals surface area (Å²) in [5, 5.41) is 7.05. The van der Waals surface area contributed by atoms with E-state index in [1.165, 1.54) is 5.56 Å². The molecule has 0 unspecified atom stereocenters. The second-order valence-electron chi connectivity index (χ2n) is 12.2. The number of hydrogen-bond acceptors (Lipinski definition) is 9. The number of primary amides is 1. The Bertz CT molecular complexity index is 1360. The van der Waals surface area contributed by atoms with Gasteiger partial charge >= 0.3 is 0 Å². The Morgan fingerprint density at radius 2 is 1.75 bits per heavy atom. The molecule has 3 aromatic rings. The lowest BCUT2D eigenvalue weighted by Gasteiger charge is -2.45. The molecule has 0 aliphatic carbocycles. The van der Waals surface area contributed by atoms with Crippen LogP contribution in [0.1, 0.15) is 55.4 Å². The van der Waals surface area contributed by atoms with Crippen molar-refractivity contribution in [3.63, 3.8) is 0 Å². The summed E-state index contributed by atoms with van der Waals surface area (Å²) >= 11 is 0. The second-order valence-corrected chi connectivity index (χ2v) is 12.2. The van der Waals surface area contributed by atoms with Crippen LogP contribution in [0.25, 0.3) is 22.3 Å². The summed E-state index contributed by atoms with van der Waals surface area (Å²) in [6.07, 6.45) is 2.12. The number of carbonyl (C=O) groups is 1. The number of nitrogens with two attached hydrogens (primary N) is 1. The first kappa shape index (κ1) is 27.0. The number of piperidine rings is 1. The molecule has 0 spiro atoms. The molecular formula is C30H39N7O3. The van der Waals surface area contributed by atoms with Gasteiger partial charge in [-0.15, -0.1) is 0 Å². The average Bonchev–Trinajstić information content (AvgIpc) is 2.93. The van der Waals surface area contributed by atoms with Crippen molar-refractivity contribution in [3.05, 3.63) is 47.3 Å². The predicted molar refractivity (Wildman–Crippen MR) is 154 cm³/mol. The number of fused-ring (bicyclic) bond motifs is 3. The van der Waals surface area contributed by atoms with Crippen LogP contribution in [0.3, 0.4) is 0 Å². The number of nitrogens with one attached hydrogen (secondary N) is 2. The zero-order chi connectivity index (χ0) is 27.9. The molecule has 0 saturated carbocycles. The minimum absolute atomic E-state index is 0.214. The molecule has 40 heavy (non-hydrogen) atoms. The van der Waals surface area contributed by atoms with Gasteiger partial charge in [0.25, 0.3) is 5.91 Å². The summed E-state index contributed by atoms with van der Waals surface area (Å²) in [4.78, 5) is 29.9. The molecule has 3 saturated heterocycles. The van der Waals surface area contributed by atoms with Crippen molar-refractivity contribution >= 4 is 22.8 Å². The Morgan fingerprint density at radius 1 is 1.05 bits per heavy atom. The molecule has 2 bridgehead atoms. The summed E-state index contributed by atoms with van der Waals surface area (Å²) in [5.41, 5.74) is 9.78. The standard InChI is InChI=1S/C30H39N7O3/c1-30(2,3)29-35-25-23(27(31)38)11-24(34-26(25)28(36-29)33-20-5-4-10-32-12-20)19-8-6-18(7-9-19)13-37-21-14-39-16-22(37)17-40-15-21/h6-9,11,20-22,32H,4-5,10,12-17H2,1-3H3,(H2,31,38)(H,33,35,36)/t20-,21?,22?/m0/s1. The van der Waals surface area contributed by atoms with E-state index in [2.05, 4.69) is 60.6 Å². The summed E-state index contributed by atoms with van der Waals surface area (Å²) < 4.78 is 11.5. The van der Waals surface area contributed by atoms with E-state index in [0.29, 0.717) is 60.4 Å². The van der Waals surface area contributed by atoms with E-state index >= 15 is 0 Å². The first-order valence-electron chi connectivity index (χ1n) is 14.3. The van der Waals surface area contributed by atoms with E-state index < -0.39 is 5.91 Å². The summed E-state index contributed by atoms with van der Waals surface area (Å²) in [7, 11) is 0. The highest BCUT2D eigenvalue weighted by Gasteiger charge is 2.35. The van der Waals surface area contributed by atoms with Gasteiger partial charge in [-0.1, -0.05) is 45.0 Å². The van der Waals surface area contributed by atoms with Crippen molar-refractivity contribution in [2.24, 2.45) is 5.73 Å². The van der Waals surface area contributed by atoms with Gasteiger partial charge in [0.2, 0.25) is 0 Å². The van der Waals surface area contributed by atoms with Gasteiger partial charge in [-0.3, -0.25) is 9.69 Å². The van der Waals surface area contributed by atoms with Gasteiger partial charge in [0.05, 0.1) is 49.8 Å². The van der Waals surface area contributed by atoms with E-state index in [1.807, 2.05) is 0 Å². The fourth-order valence-electron chi connectivity index (χ4n) is 5.75. The number of anilines is 1. The van der Waals surface area contributed by atoms with Crippen molar-refractivity contribution in [1.82, 2.24) is 25.2 Å². The maximum atomic E-state index is 12.7. The van der Waals surface area contributed by atoms with Crippen LogP contribution in [0, 0.1) is 0 Å². The number of hydrogen-bond donors (Lipinski definition) is 3. The number of aromatic nitrogens is 3. The summed E-state index contributed by atoms with van der Waals surface area (Å²) in [6.45, 7) is 11.7. The lowest BCUT2D eigenvalue weighted by atomic mass is 9.95. The first-order chi connectivity index (χ1) is 19.3. The van der Waals surface area contributed by atoms with Crippen LogP contribution in [0.4, 0.5) is 5.82 Å². The third-order valence-corrected chi connectivity index (χ3v) is 8.02. The molecule has 3 fully saturated rings. The first-order valence-corrected chi connectivity index (χ1v) is 14.3.